The molecule has 1 amide bonds. The number of nitrogens with one attached hydrogen (secondary N) is 1. The first kappa shape index (κ1) is 15.7. The molecule has 0 aliphatic heterocycles. The van der Waals surface area contributed by atoms with Gasteiger partial charge in [0.1, 0.15) is 6.61 Å². The molecule has 0 unspecified atom stereocenters. The fourth-order valence-corrected chi connectivity index (χ4v) is 1.47. The largest absolute Gasteiger partial charge is 0.417 e. The second kappa shape index (κ2) is 6.74. The van der Waals surface area contributed by atoms with Gasteiger partial charge in [-0.2, -0.15) is 13.2 Å². The molecule has 0 bridgehead atoms. The van der Waals surface area contributed by atoms with Gasteiger partial charge in [0, 0.05) is 5.69 Å². The first-order valence-electron chi connectivity index (χ1n) is 5.20. The Labute approximate surface area is 112 Å². The normalized spacial score (nSPS) is 11.4. The lowest BCUT2D eigenvalue weighted by molar-refractivity contribution is -0.137. The van der Waals surface area contributed by atoms with Gasteiger partial charge in [-0.15, -0.1) is 0 Å². The third-order valence-electron chi connectivity index (χ3n) is 2.02. The van der Waals surface area contributed by atoms with Gasteiger partial charge in [-0.1, -0.05) is 11.6 Å². The molecule has 2 N–H and O–H groups in total. The maximum atomic E-state index is 12.6. The van der Waals surface area contributed by atoms with E-state index in [1.165, 1.54) is 6.07 Å². The van der Waals surface area contributed by atoms with E-state index in [9.17, 15) is 18.0 Å². The first-order chi connectivity index (χ1) is 8.84. The zero-order valence-electron chi connectivity index (χ0n) is 9.63. The summed E-state index contributed by atoms with van der Waals surface area (Å²) in [5.74, 6) is -0.621. The van der Waals surface area contributed by atoms with Crippen LogP contribution in [0.4, 0.5) is 18.9 Å². The molecule has 0 aromatic heterocycles. The van der Waals surface area contributed by atoms with Gasteiger partial charge < -0.3 is 15.2 Å². The molecule has 0 saturated heterocycles. The number of carbonyl (C=O) groups is 1. The topological polar surface area (TPSA) is 58.6 Å². The molecule has 0 spiro atoms. The van der Waals surface area contributed by atoms with Crippen molar-refractivity contribution in [3.8, 4) is 0 Å². The van der Waals surface area contributed by atoms with E-state index in [4.69, 9.17) is 21.4 Å². The zero-order valence-corrected chi connectivity index (χ0v) is 10.4. The maximum absolute atomic E-state index is 12.6. The molecule has 0 heterocycles. The number of ether oxygens (including phenoxy) is 1. The predicted molar refractivity (Wildman–Crippen MR) is 63.0 cm³/mol. The molecule has 1 aromatic carbocycles. The van der Waals surface area contributed by atoms with Crippen LogP contribution in [0.2, 0.25) is 5.02 Å². The Morgan fingerprint density at radius 3 is 2.68 bits per heavy atom. The van der Waals surface area contributed by atoms with Crippen LogP contribution in [0.1, 0.15) is 5.56 Å². The molecular weight excluding hydrogens is 287 g/mol. The minimum absolute atomic E-state index is 0.0260. The molecular formula is C11H11ClF3NO3. The van der Waals surface area contributed by atoms with E-state index in [0.29, 0.717) is 0 Å². The minimum Gasteiger partial charge on any atom is -0.394 e. The van der Waals surface area contributed by atoms with Crippen LogP contribution < -0.4 is 5.32 Å². The number of halogens is 4. The Morgan fingerprint density at radius 1 is 1.42 bits per heavy atom. The Hall–Kier alpha value is -1.31. The number of benzene rings is 1. The van der Waals surface area contributed by atoms with Crippen LogP contribution >= 0.6 is 11.6 Å². The van der Waals surface area contributed by atoms with Crippen molar-refractivity contribution in [2.24, 2.45) is 0 Å². The Balaban J connectivity index is 2.72. The lowest BCUT2D eigenvalue weighted by Crippen LogP contribution is -2.19. The van der Waals surface area contributed by atoms with Crippen LogP contribution in [0.15, 0.2) is 18.2 Å². The zero-order chi connectivity index (χ0) is 14.5. The summed E-state index contributed by atoms with van der Waals surface area (Å²) in [4.78, 5) is 11.3. The van der Waals surface area contributed by atoms with Crippen LogP contribution in [-0.2, 0) is 15.7 Å². The van der Waals surface area contributed by atoms with Gasteiger partial charge in [0.15, 0.2) is 0 Å². The standard InChI is InChI=1S/C11H11ClF3NO3/c12-9-2-1-7(5-8(9)11(13,14)15)16-10(18)6-19-4-3-17/h1-2,5,17H,3-4,6H2,(H,16,18). The molecule has 19 heavy (non-hydrogen) atoms. The third kappa shape index (κ3) is 5.06. The highest BCUT2D eigenvalue weighted by molar-refractivity contribution is 6.31. The van der Waals surface area contributed by atoms with Crippen LogP contribution in [0, 0.1) is 0 Å². The Bertz CT molecular complexity index is 451. The molecule has 0 saturated carbocycles. The third-order valence-corrected chi connectivity index (χ3v) is 2.35. The number of rotatable bonds is 5. The number of amides is 1. The van der Waals surface area contributed by atoms with Gasteiger partial charge in [0.2, 0.25) is 5.91 Å². The van der Waals surface area contributed by atoms with Crippen molar-refractivity contribution in [2.75, 3.05) is 25.1 Å². The van der Waals surface area contributed by atoms with Gasteiger partial charge in [0.05, 0.1) is 23.8 Å². The number of alkyl halides is 3. The van der Waals surface area contributed by atoms with Crippen LogP contribution in [-0.4, -0.2) is 30.8 Å². The highest BCUT2D eigenvalue weighted by Crippen LogP contribution is 2.36. The summed E-state index contributed by atoms with van der Waals surface area (Å²) in [6, 6.07) is 3.04. The van der Waals surface area contributed by atoms with Gasteiger partial charge >= 0.3 is 6.18 Å². The summed E-state index contributed by atoms with van der Waals surface area (Å²) < 4.78 is 42.4. The molecule has 0 radical (unpaired) electrons. The summed E-state index contributed by atoms with van der Waals surface area (Å²) in [6.07, 6.45) is -4.59. The van der Waals surface area contributed by atoms with Crippen molar-refractivity contribution in [1.29, 1.82) is 0 Å². The number of carbonyl (C=O) groups excluding carboxylic acids is 1. The molecule has 106 valence electrons. The number of aliphatic hydroxyl groups is 1. The van der Waals surface area contributed by atoms with Gasteiger partial charge in [-0.3, -0.25) is 4.79 Å². The molecule has 4 nitrogen and oxygen atoms in total. The van der Waals surface area contributed by atoms with Crippen molar-refractivity contribution >= 4 is 23.2 Å². The van der Waals surface area contributed by atoms with Crippen LogP contribution in [0.25, 0.3) is 0 Å². The molecule has 1 aromatic rings. The van der Waals surface area contributed by atoms with Gasteiger partial charge in [-0.25, -0.2) is 0 Å². The van der Waals surface area contributed by atoms with Crippen LogP contribution in [0.5, 0.6) is 0 Å². The summed E-state index contributed by atoms with van der Waals surface area (Å²) in [7, 11) is 0. The first-order valence-corrected chi connectivity index (χ1v) is 5.57. The number of hydrogen-bond donors (Lipinski definition) is 2. The number of aliphatic hydroxyl groups excluding tert-OH is 1. The Morgan fingerprint density at radius 2 is 2.11 bits per heavy atom. The lowest BCUT2D eigenvalue weighted by atomic mass is 10.2. The minimum atomic E-state index is -4.59. The monoisotopic (exact) mass is 297 g/mol. The van der Waals surface area contributed by atoms with E-state index in [2.05, 4.69) is 5.32 Å². The summed E-state index contributed by atoms with van der Waals surface area (Å²) >= 11 is 5.43. The fraction of sp³-hybridized carbons (Fsp3) is 0.364. The second-order valence-corrected chi connectivity index (χ2v) is 3.92. The van der Waals surface area contributed by atoms with Crippen molar-refractivity contribution in [3.63, 3.8) is 0 Å². The van der Waals surface area contributed by atoms with E-state index >= 15 is 0 Å². The maximum Gasteiger partial charge on any atom is 0.417 e. The molecule has 0 atom stereocenters. The van der Waals surface area contributed by atoms with Crippen molar-refractivity contribution < 1.29 is 27.8 Å². The molecule has 0 aliphatic carbocycles. The van der Waals surface area contributed by atoms with E-state index in [1.54, 1.807) is 0 Å². The molecule has 1 rings (SSSR count). The van der Waals surface area contributed by atoms with Crippen LogP contribution in [0.3, 0.4) is 0 Å². The Kier molecular flexibility index (Phi) is 5.59. The van der Waals surface area contributed by atoms with Crippen molar-refractivity contribution in [1.82, 2.24) is 0 Å². The smallest absolute Gasteiger partial charge is 0.394 e. The number of anilines is 1. The summed E-state index contributed by atoms with van der Waals surface area (Å²) in [5.41, 5.74) is -1.06. The quantitative estimate of drug-likeness (QED) is 0.820. The average Bonchev–Trinajstić information content (AvgIpc) is 2.30. The van der Waals surface area contributed by atoms with Gasteiger partial charge in [0.25, 0.3) is 0 Å². The van der Waals surface area contributed by atoms with Crippen molar-refractivity contribution in [3.05, 3.63) is 28.8 Å². The van der Waals surface area contributed by atoms with Gasteiger partial charge in [-0.05, 0) is 18.2 Å². The summed E-state index contributed by atoms with van der Waals surface area (Å²) in [5, 5.41) is 10.2. The molecule has 0 aliphatic rings. The molecule has 0 fully saturated rings. The number of hydrogen-bond acceptors (Lipinski definition) is 3. The van der Waals surface area contributed by atoms with E-state index in [1.807, 2.05) is 0 Å². The average molecular weight is 298 g/mol. The SMILES string of the molecule is O=C(COCCO)Nc1ccc(Cl)c(C(F)(F)F)c1. The summed E-state index contributed by atoms with van der Waals surface area (Å²) in [6.45, 7) is -0.626. The van der Waals surface area contributed by atoms with E-state index in [-0.39, 0.29) is 25.5 Å². The molecule has 8 heteroatoms. The van der Waals surface area contributed by atoms with E-state index < -0.39 is 22.7 Å². The second-order valence-electron chi connectivity index (χ2n) is 3.52. The lowest BCUT2D eigenvalue weighted by Gasteiger charge is -2.11. The predicted octanol–water partition coefficient (Wildman–Crippen LogP) is 2.31. The highest BCUT2D eigenvalue weighted by atomic mass is 35.5. The fourth-order valence-electron chi connectivity index (χ4n) is 1.25. The van der Waals surface area contributed by atoms with E-state index in [0.717, 1.165) is 12.1 Å². The van der Waals surface area contributed by atoms with Crippen molar-refractivity contribution in [2.45, 2.75) is 6.18 Å². The highest BCUT2D eigenvalue weighted by Gasteiger charge is 2.33.